The predicted molar refractivity (Wildman–Crippen MR) is 78.5 cm³/mol. The van der Waals surface area contributed by atoms with Crippen LogP contribution in [0.5, 0.6) is 11.5 Å². The third-order valence-electron chi connectivity index (χ3n) is 3.04. The summed E-state index contributed by atoms with van der Waals surface area (Å²) < 4.78 is 5.18. The lowest BCUT2D eigenvalue weighted by Crippen LogP contribution is -2.30. The Bertz CT molecular complexity index is 593. The molecule has 0 aliphatic heterocycles. The quantitative estimate of drug-likeness (QED) is 0.929. The molecule has 2 aromatic carbocycles. The van der Waals surface area contributed by atoms with E-state index in [1.165, 1.54) is 12.1 Å². The highest BCUT2D eigenvalue weighted by atomic mass is 16.5. The number of aromatic hydroxyl groups is 1. The molecule has 4 heteroatoms. The zero-order valence-electron chi connectivity index (χ0n) is 11.5. The molecule has 0 heterocycles. The Hall–Kier alpha value is -2.49. The van der Waals surface area contributed by atoms with Gasteiger partial charge in [-0.2, -0.15) is 0 Å². The summed E-state index contributed by atoms with van der Waals surface area (Å²) in [6.07, 6.45) is 0. The molecule has 2 aromatic rings. The van der Waals surface area contributed by atoms with Gasteiger partial charge in [-0.15, -0.1) is 0 Å². The maximum Gasteiger partial charge on any atom is 0.258 e. The van der Waals surface area contributed by atoms with Gasteiger partial charge in [0.2, 0.25) is 0 Å². The number of carbonyl (C=O) groups excluding carboxylic acids is 1. The smallest absolute Gasteiger partial charge is 0.258 e. The molecule has 1 N–H and O–H groups in total. The van der Waals surface area contributed by atoms with E-state index in [4.69, 9.17) is 4.74 Å². The number of amides is 1. The maximum absolute atomic E-state index is 12.5. The van der Waals surface area contributed by atoms with E-state index >= 15 is 0 Å². The van der Waals surface area contributed by atoms with Crippen molar-refractivity contribution >= 4 is 11.6 Å². The lowest BCUT2D eigenvalue weighted by atomic mass is 10.1. The van der Waals surface area contributed by atoms with Gasteiger partial charge in [-0.05, 0) is 43.3 Å². The van der Waals surface area contributed by atoms with Crippen molar-refractivity contribution in [3.63, 3.8) is 0 Å². The summed E-state index contributed by atoms with van der Waals surface area (Å²) in [5, 5.41) is 9.28. The molecule has 0 atom stereocenters. The van der Waals surface area contributed by atoms with Crippen molar-refractivity contribution in [3.8, 4) is 11.5 Å². The predicted octanol–water partition coefficient (Wildman–Crippen LogP) is 3.07. The van der Waals surface area contributed by atoms with Crippen molar-refractivity contribution in [1.29, 1.82) is 0 Å². The second kappa shape index (κ2) is 6.10. The minimum atomic E-state index is -0.110. The number of methoxy groups -OCH3 is 1. The number of benzene rings is 2. The summed E-state index contributed by atoms with van der Waals surface area (Å²) in [7, 11) is 1.59. The van der Waals surface area contributed by atoms with Gasteiger partial charge in [0.15, 0.2) is 0 Å². The van der Waals surface area contributed by atoms with Gasteiger partial charge in [-0.1, -0.05) is 6.07 Å². The molecular weight excluding hydrogens is 254 g/mol. The molecule has 104 valence electrons. The van der Waals surface area contributed by atoms with Crippen molar-refractivity contribution < 1.29 is 14.6 Å². The van der Waals surface area contributed by atoms with Crippen LogP contribution in [-0.4, -0.2) is 24.7 Å². The van der Waals surface area contributed by atoms with Crippen molar-refractivity contribution in [2.75, 3.05) is 18.6 Å². The Balaban J connectivity index is 2.31. The van der Waals surface area contributed by atoms with Crippen molar-refractivity contribution in [2.45, 2.75) is 6.92 Å². The molecule has 0 aliphatic rings. The van der Waals surface area contributed by atoms with Crippen molar-refractivity contribution in [3.05, 3.63) is 54.1 Å². The fourth-order valence-electron chi connectivity index (χ4n) is 1.98. The van der Waals surface area contributed by atoms with E-state index in [0.29, 0.717) is 17.9 Å². The number of phenols is 1. The van der Waals surface area contributed by atoms with Crippen LogP contribution < -0.4 is 9.64 Å². The molecule has 0 fully saturated rings. The summed E-state index contributed by atoms with van der Waals surface area (Å²) in [6.45, 7) is 2.46. The number of ether oxygens (including phenoxy) is 1. The molecule has 0 aliphatic carbocycles. The number of hydrogen-bond acceptors (Lipinski definition) is 3. The molecule has 0 bridgehead atoms. The van der Waals surface area contributed by atoms with Crippen LogP contribution in [0.1, 0.15) is 17.3 Å². The largest absolute Gasteiger partial charge is 0.508 e. The van der Waals surface area contributed by atoms with E-state index in [-0.39, 0.29) is 11.7 Å². The first-order valence-corrected chi connectivity index (χ1v) is 6.40. The minimum Gasteiger partial charge on any atom is -0.508 e. The van der Waals surface area contributed by atoms with Gasteiger partial charge in [0.1, 0.15) is 11.5 Å². The Morgan fingerprint density at radius 1 is 1.20 bits per heavy atom. The highest BCUT2D eigenvalue weighted by Gasteiger charge is 2.16. The monoisotopic (exact) mass is 271 g/mol. The fraction of sp³-hybridized carbons (Fsp3) is 0.188. The van der Waals surface area contributed by atoms with E-state index in [1.54, 1.807) is 24.1 Å². The summed E-state index contributed by atoms with van der Waals surface area (Å²) in [5.74, 6) is 0.742. The first kappa shape index (κ1) is 13.9. The number of nitrogens with zero attached hydrogens (tertiary/aromatic N) is 1. The van der Waals surface area contributed by atoms with Gasteiger partial charge < -0.3 is 14.7 Å². The van der Waals surface area contributed by atoms with E-state index in [9.17, 15) is 9.90 Å². The topological polar surface area (TPSA) is 49.8 Å². The SMILES string of the molecule is CCN(C(=O)c1ccc(O)cc1)c1cccc(OC)c1. The highest BCUT2D eigenvalue weighted by Crippen LogP contribution is 2.23. The molecule has 20 heavy (non-hydrogen) atoms. The Morgan fingerprint density at radius 3 is 2.50 bits per heavy atom. The average Bonchev–Trinajstić information content (AvgIpc) is 2.49. The molecule has 0 saturated heterocycles. The van der Waals surface area contributed by atoms with Gasteiger partial charge in [-0.3, -0.25) is 4.79 Å². The number of carbonyl (C=O) groups is 1. The van der Waals surface area contributed by atoms with E-state index in [1.807, 2.05) is 31.2 Å². The van der Waals surface area contributed by atoms with Crippen LogP contribution in [0.25, 0.3) is 0 Å². The van der Waals surface area contributed by atoms with E-state index < -0.39 is 0 Å². The van der Waals surface area contributed by atoms with Gasteiger partial charge in [0.25, 0.3) is 5.91 Å². The molecular formula is C16H17NO3. The first-order valence-electron chi connectivity index (χ1n) is 6.40. The van der Waals surface area contributed by atoms with Crippen molar-refractivity contribution in [2.24, 2.45) is 0 Å². The summed E-state index contributed by atoms with van der Waals surface area (Å²) >= 11 is 0. The van der Waals surface area contributed by atoms with Crippen LogP contribution in [0.2, 0.25) is 0 Å². The van der Waals surface area contributed by atoms with Gasteiger partial charge in [-0.25, -0.2) is 0 Å². The number of anilines is 1. The van der Waals surface area contributed by atoms with Crippen LogP contribution in [0.4, 0.5) is 5.69 Å². The highest BCUT2D eigenvalue weighted by molar-refractivity contribution is 6.06. The minimum absolute atomic E-state index is 0.110. The lowest BCUT2D eigenvalue weighted by Gasteiger charge is -2.21. The van der Waals surface area contributed by atoms with Gasteiger partial charge >= 0.3 is 0 Å². The molecule has 2 rings (SSSR count). The number of phenolic OH excluding ortho intramolecular Hbond substituents is 1. The molecule has 0 radical (unpaired) electrons. The zero-order valence-corrected chi connectivity index (χ0v) is 11.5. The third kappa shape index (κ3) is 2.91. The number of hydrogen-bond donors (Lipinski definition) is 1. The standard InChI is InChI=1S/C16H17NO3/c1-3-17(13-5-4-6-15(11-13)20-2)16(19)12-7-9-14(18)10-8-12/h4-11,18H,3H2,1-2H3. The number of rotatable bonds is 4. The van der Waals surface area contributed by atoms with E-state index in [2.05, 4.69) is 0 Å². The first-order chi connectivity index (χ1) is 9.65. The van der Waals surface area contributed by atoms with Gasteiger partial charge in [0, 0.05) is 23.9 Å². The van der Waals surface area contributed by atoms with Crippen molar-refractivity contribution in [1.82, 2.24) is 0 Å². The van der Waals surface area contributed by atoms with Crippen LogP contribution in [0.15, 0.2) is 48.5 Å². The molecule has 0 spiro atoms. The Kier molecular flexibility index (Phi) is 4.25. The van der Waals surface area contributed by atoms with Crippen LogP contribution in [0, 0.1) is 0 Å². The molecule has 0 saturated carbocycles. The Morgan fingerprint density at radius 2 is 1.90 bits per heavy atom. The molecule has 4 nitrogen and oxygen atoms in total. The second-order valence-electron chi connectivity index (χ2n) is 4.30. The maximum atomic E-state index is 12.5. The molecule has 1 amide bonds. The Labute approximate surface area is 118 Å². The lowest BCUT2D eigenvalue weighted by molar-refractivity contribution is 0.0988. The zero-order chi connectivity index (χ0) is 14.5. The second-order valence-corrected chi connectivity index (χ2v) is 4.30. The average molecular weight is 271 g/mol. The summed E-state index contributed by atoms with van der Waals surface area (Å²) in [6, 6.07) is 13.6. The fourth-order valence-corrected chi connectivity index (χ4v) is 1.98. The third-order valence-corrected chi connectivity index (χ3v) is 3.04. The summed E-state index contributed by atoms with van der Waals surface area (Å²) in [5.41, 5.74) is 1.32. The normalized spacial score (nSPS) is 10.1. The van der Waals surface area contributed by atoms with Gasteiger partial charge in [0.05, 0.1) is 7.11 Å². The van der Waals surface area contributed by atoms with Crippen LogP contribution >= 0.6 is 0 Å². The summed E-state index contributed by atoms with van der Waals surface area (Å²) in [4.78, 5) is 14.2. The van der Waals surface area contributed by atoms with Crippen LogP contribution in [0.3, 0.4) is 0 Å². The molecule has 0 aromatic heterocycles. The van der Waals surface area contributed by atoms with Crippen LogP contribution in [-0.2, 0) is 0 Å². The molecule has 0 unspecified atom stereocenters. The van der Waals surface area contributed by atoms with E-state index in [0.717, 1.165) is 5.69 Å².